The first-order valence-electron chi connectivity index (χ1n) is 16.5. The monoisotopic (exact) mass is 666 g/mol. The number of hydrogen-bond acceptors (Lipinski definition) is 11. The molecule has 3 heterocycles. The van der Waals surface area contributed by atoms with Gasteiger partial charge in [0.05, 0.1) is 44.7 Å². The predicted octanol–water partition coefficient (Wildman–Crippen LogP) is 1.84. The molecule has 2 aliphatic heterocycles. The Morgan fingerprint density at radius 3 is 2.15 bits per heavy atom. The molecule has 1 aromatic heterocycles. The van der Waals surface area contributed by atoms with Gasteiger partial charge in [-0.2, -0.15) is 0 Å². The smallest absolute Gasteiger partial charge is 0.227 e. The van der Waals surface area contributed by atoms with Gasteiger partial charge in [-0.15, -0.1) is 0 Å². The van der Waals surface area contributed by atoms with Gasteiger partial charge in [0, 0.05) is 43.9 Å². The summed E-state index contributed by atoms with van der Waals surface area (Å²) in [7, 11) is 0. The SMILES string of the molecule is CCOc1cnc(N2CCC(CCCOc3cc(F)c(CC(=O)N4CC(CCC[C@H](O)[C@@H](O)[C@H](O)[C@H](O)CO)C4)c(F)c3)CC2)nc1. The number of carbonyl (C=O) groups excluding carboxylic acids is 1. The third-order valence-electron chi connectivity index (χ3n) is 9.04. The van der Waals surface area contributed by atoms with Gasteiger partial charge in [0.25, 0.3) is 0 Å². The third-order valence-corrected chi connectivity index (χ3v) is 9.04. The molecule has 0 spiro atoms. The second-order valence-electron chi connectivity index (χ2n) is 12.5. The Balaban J connectivity index is 1.11. The van der Waals surface area contributed by atoms with Crippen molar-refractivity contribution in [3.63, 3.8) is 0 Å². The highest BCUT2D eigenvalue weighted by Gasteiger charge is 2.33. The molecule has 1 amide bonds. The van der Waals surface area contributed by atoms with Crippen LogP contribution in [0.25, 0.3) is 0 Å². The van der Waals surface area contributed by atoms with Crippen molar-refractivity contribution in [1.29, 1.82) is 0 Å². The van der Waals surface area contributed by atoms with Crippen molar-refractivity contribution in [2.45, 2.75) is 82.7 Å². The van der Waals surface area contributed by atoms with Gasteiger partial charge in [0.2, 0.25) is 11.9 Å². The molecule has 2 aromatic rings. The number of benzene rings is 1. The molecule has 1 aromatic carbocycles. The first kappa shape index (κ1) is 36.7. The molecule has 4 rings (SSSR count). The summed E-state index contributed by atoms with van der Waals surface area (Å²) in [5, 5.41) is 47.9. The molecule has 5 N–H and O–H groups in total. The Kier molecular flexibility index (Phi) is 13.9. The zero-order valence-corrected chi connectivity index (χ0v) is 26.9. The van der Waals surface area contributed by atoms with Crippen LogP contribution in [0.2, 0.25) is 0 Å². The Labute approximate surface area is 274 Å². The van der Waals surface area contributed by atoms with Crippen LogP contribution in [0.5, 0.6) is 11.5 Å². The van der Waals surface area contributed by atoms with Crippen molar-refractivity contribution >= 4 is 11.9 Å². The number of piperidine rings is 1. The van der Waals surface area contributed by atoms with E-state index in [1.165, 1.54) is 4.90 Å². The van der Waals surface area contributed by atoms with Crippen LogP contribution in [-0.2, 0) is 11.2 Å². The number of ether oxygens (including phenoxy) is 2. The number of rotatable bonds is 18. The molecule has 0 bridgehead atoms. The van der Waals surface area contributed by atoms with Gasteiger partial charge in [-0.05, 0) is 57.3 Å². The van der Waals surface area contributed by atoms with Crippen LogP contribution in [0.1, 0.15) is 57.4 Å². The standard InChI is InChI=1S/C33H48F2N4O8/c1-2-46-24-16-36-33(37-17-24)38-10-8-21(9-11-38)6-4-12-47-23-13-26(34)25(27(35)14-23)15-30(43)39-18-22(19-39)5-3-7-28(41)31(44)32(45)29(42)20-40/h13-14,16-17,21-22,28-29,31-32,40-42,44-45H,2-12,15,18-20H2,1H3/t28-,29+,31+,32+/m0/s1. The summed E-state index contributed by atoms with van der Waals surface area (Å²) < 4.78 is 40.6. The minimum absolute atomic E-state index is 0.0911. The summed E-state index contributed by atoms with van der Waals surface area (Å²) in [6.07, 6.45) is 1.85. The summed E-state index contributed by atoms with van der Waals surface area (Å²) in [5.41, 5.74) is -0.296. The van der Waals surface area contributed by atoms with E-state index in [-0.39, 0.29) is 29.6 Å². The number of aromatic nitrogens is 2. The molecule has 14 heteroatoms. The lowest BCUT2D eigenvalue weighted by Crippen LogP contribution is -2.50. The first-order valence-corrected chi connectivity index (χ1v) is 16.5. The molecular weight excluding hydrogens is 618 g/mol. The number of anilines is 1. The number of likely N-dealkylation sites (tertiary alicyclic amines) is 1. The van der Waals surface area contributed by atoms with Gasteiger partial charge in [-0.25, -0.2) is 18.7 Å². The maximum atomic E-state index is 14.8. The van der Waals surface area contributed by atoms with E-state index in [0.717, 1.165) is 50.9 Å². The number of carbonyl (C=O) groups is 1. The Morgan fingerprint density at radius 2 is 1.53 bits per heavy atom. The second kappa shape index (κ2) is 17.8. The molecule has 12 nitrogen and oxygen atoms in total. The first-order chi connectivity index (χ1) is 22.6. The average Bonchev–Trinajstić information content (AvgIpc) is 3.05. The summed E-state index contributed by atoms with van der Waals surface area (Å²) in [4.78, 5) is 25.1. The molecule has 4 atom stereocenters. The number of aliphatic hydroxyl groups excluding tert-OH is 5. The van der Waals surface area contributed by atoms with Crippen molar-refractivity contribution < 1.29 is 48.6 Å². The molecule has 2 fully saturated rings. The number of halogens is 2. The van der Waals surface area contributed by atoms with Gasteiger partial charge < -0.3 is 44.8 Å². The lowest BCUT2D eigenvalue weighted by molar-refractivity contribution is -0.137. The van der Waals surface area contributed by atoms with E-state index in [2.05, 4.69) is 14.9 Å². The number of hydrogen-bond donors (Lipinski definition) is 5. The van der Waals surface area contributed by atoms with Crippen molar-refractivity contribution in [2.24, 2.45) is 11.8 Å². The maximum absolute atomic E-state index is 14.8. The quantitative estimate of drug-likeness (QED) is 0.147. The fourth-order valence-corrected chi connectivity index (χ4v) is 6.10. The summed E-state index contributed by atoms with van der Waals surface area (Å²) in [5.74, 6) is 0.0667. The van der Waals surface area contributed by atoms with Gasteiger partial charge in [-0.3, -0.25) is 4.79 Å². The van der Waals surface area contributed by atoms with Crippen LogP contribution < -0.4 is 14.4 Å². The van der Waals surface area contributed by atoms with E-state index in [9.17, 15) is 34.0 Å². The Hall–Kier alpha value is -3.17. The summed E-state index contributed by atoms with van der Waals surface area (Å²) >= 11 is 0. The Morgan fingerprint density at radius 1 is 0.915 bits per heavy atom. The van der Waals surface area contributed by atoms with E-state index in [0.29, 0.717) is 56.8 Å². The summed E-state index contributed by atoms with van der Waals surface area (Å²) in [6.45, 7) is 4.61. The minimum atomic E-state index is -1.67. The molecule has 2 saturated heterocycles. The van der Waals surface area contributed by atoms with Crippen LogP contribution in [0, 0.1) is 23.5 Å². The average molecular weight is 667 g/mol. The maximum Gasteiger partial charge on any atom is 0.227 e. The van der Waals surface area contributed by atoms with Crippen molar-refractivity contribution in [2.75, 3.05) is 50.9 Å². The molecular formula is C33H48F2N4O8. The zero-order valence-electron chi connectivity index (χ0n) is 26.9. The fourth-order valence-electron chi connectivity index (χ4n) is 6.10. The second-order valence-corrected chi connectivity index (χ2v) is 12.5. The van der Waals surface area contributed by atoms with Crippen LogP contribution in [0.3, 0.4) is 0 Å². The van der Waals surface area contributed by atoms with E-state index in [1.807, 2.05) is 6.92 Å². The molecule has 0 radical (unpaired) electrons. The fraction of sp³-hybridized carbons (Fsp3) is 0.667. The van der Waals surface area contributed by atoms with Gasteiger partial charge in [0.15, 0.2) is 5.75 Å². The normalized spacial score (nSPS) is 18.4. The lowest BCUT2D eigenvalue weighted by Gasteiger charge is -2.39. The molecule has 0 unspecified atom stereocenters. The predicted molar refractivity (Wildman–Crippen MR) is 168 cm³/mol. The molecule has 47 heavy (non-hydrogen) atoms. The lowest BCUT2D eigenvalue weighted by atomic mass is 9.91. The largest absolute Gasteiger partial charge is 0.493 e. The Bertz CT molecular complexity index is 1240. The molecule has 2 aliphatic rings. The zero-order chi connectivity index (χ0) is 33.9. The third kappa shape index (κ3) is 10.4. The highest BCUT2D eigenvalue weighted by Crippen LogP contribution is 2.28. The van der Waals surface area contributed by atoms with Gasteiger partial charge in [-0.1, -0.05) is 6.42 Å². The summed E-state index contributed by atoms with van der Waals surface area (Å²) in [6, 6.07) is 2.24. The van der Waals surface area contributed by atoms with E-state index in [1.54, 1.807) is 12.4 Å². The number of aliphatic hydroxyl groups is 5. The van der Waals surface area contributed by atoms with Crippen molar-refractivity contribution in [3.8, 4) is 11.5 Å². The molecule has 0 saturated carbocycles. The van der Waals surface area contributed by atoms with Crippen molar-refractivity contribution in [3.05, 3.63) is 41.7 Å². The van der Waals surface area contributed by atoms with E-state index in [4.69, 9.17) is 14.6 Å². The molecule has 262 valence electrons. The number of nitrogens with zero attached hydrogens (tertiary/aromatic N) is 4. The van der Waals surface area contributed by atoms with Gasteiger partial charge in [0.1, 0.15) is 35.7 Å². The van der Waals surface area contributed by atoms with Crippen LogP contribution in [-0.4, -0.2) is 117 Å². The topological polar surface area (TPSA) is 169 Å². The molecule has 0 aliphatic carbocycles. The van der Waals surface area contributed by atoms with Crippen LogP contribution >= 0.6 is 0 Å². The number of amides is 1. The van der Waals surface area contributed by atoms with E-state index < -0.39 is 49.1 Å². The van der Waals surface area contributed by atoms with E-state index >= 15 is 0 Å². The highest BCUT2D eigenvalue weighted by atomic mass is 19.1. The minimum Gasteiger partial charge on any atom is -0.493 e. The van der Waals surface area contributed by atoms with Crippen LogP contribution in [0.4, 0.5) is 14.7 Å². The highest BCUT2D eigenvalue weighted by molar-refractivity contribution is 5.79. The van der Waals surface area contributed by atoms with Crippen LogP contribution in [0.15, 0.2) is 24.5 Å². The van der Waals surface area contributed by atoms with Gasteiger partial charge >= 0.3 is 0 Å². The van der Waals surface area contributed by atoms with Crippen molar-refractivity contribution in [1.82, 2.24) is 14.9 Å².